The van der Waals surface area contributed by atoms with Gasteiger partial charge in [0.15, 0.2) is 0 Å². The molecule has 0 aliphatic rings. The van der Waals surface area contributed by atoms with Crippen molar-refractivity contribution in [2.45, 2.75) is 19.1 Å². The zero-order valence-electron chi connectivity index (χ0n) is 10.7. The molecule has 0 aliphatic heterocycles. The van der Waals surface area contributed by atoms with Crippen molar-refractivity contribution in [3.05, 3.63) is 53.9 Å². The van der Waals surface area contributed by atoms with Crippen molar-refractivity contribution in [2.24, 2.45) is 7.05 Å². The highest BCUT2D eigenvalue weighted by atomic mass is 16.3. The number of hydrogen-bond acceptors (Lipinski definition) is 3. The van der Waals surface area contributed by atoms with Gasteiger partial charge in [-0.15, -0.1) is 0 Å². The molecule has 0 bridgehead atoms. The minimum Gasteiger partial charge on any atom is -0.387 e. The van der Waals surface area contributed by atoms with E-state index in [4.69, 9.17) is 0 Å². The van der Waals surface area contributed by atoms with Crippen LogP contribution in [0.5, 0.6) is 0 Å². The Morgan fingerprint density at radius 1 is 1.28 bits per heavy atom. The SMILES string of the molecule is CC(NCC(O)c1ccccc1)c1cnn(C)c1. The number of benzene rings is 1. The van der Waals surface area contributed by atoms with Crippen LogP contribution in [0.25, 0.3) is 0 Å². The highest BCUT2D eigenvalue weighted by Crippen LogP contribution is 2.14. The molecule has 2 unspecified atom stereocenters. The lowest BCUT2D eigenvalue weighted by Crippen LogP contribution is -2.24. The first-order valence-corrected chi connectivity index (χ1v) is 6.12. The van der Waals surface area contributed by atoms with Crippen molar-refractivity contribution in [1.29, 1.82) is 0 Å². The molecular formula is C14H19N3O. The molecule has 4 heteroatoms. The Kier molecular flexibility index (Phi) is 4.12. The summed E-state index contributed by atoms with van der Waals surface area (Å²) in [6.45, 7) is 2.59. The molecule has 4 nitrogen and oxygen atoms in total. The maximum Gasteiger partial charge on any atom is 0.0914 e. The molecule has 2 N–H and O–H groups in total. The molecular weight excluding hydrogens is 226 g/mol. The Morgan fingerprint density at radius 3 is 2.61 bits per heavy atom. The molecule has 2 atom stereocenters. The van der Waals surface area contributed by atoms with Crippen molar-refractivity contribution in [1.82, 2.24) is 15.1 Å². The van der Waals surface area contributed by atoms with E-state index >= 15 is 0 Å². The molecule has 1 heterocycles. The minimum absolute atomic E-state index is 0.178. The fraction of sp³-hybridized carbons (Fsp3) is 0.357. The lowest BCUT2D eigenvalue weighted by atomic mass is 10.1. The van der Waals surface area contributed by atoms with Crippen molar-refractivity contribution >= 4 is 0 Å². The van der Waals surface area contributed by atoms with Crippen molar-refractivity contribution in [3.63, 3.8) is 0 Å². The number of hydrogen-bond donors (Lipinski definition) is 2. The summed E-state index contributed by atoms with van der Waals surface area (Å²) < 4.78 is 1.78. The molecule has 2 aromatic rings. The molecule has 0 radical (unpaired) electrons. The van der Waals surface area contributed by atoms with Gasteiger partial charge in [0, 0.05) is 31.4 Å². The third-order valence-electron chi connectivity index (χ3n) is 3.03. The Morgan fingerprint density at radius 2 is 2.00 bits per heavy atom. The number of aliphatic hydroxyl groups excluding tert-OH is 1. The largest absolute Gasteiger partial charge is 0.387 e. The van der Waals surface area contributed by atoms with Crippen LogP contribution in [0, 0.1) is 0 Å². The molecule has 1 aromatic heterocycles. The standard InChI is InChI=1S/C14H19N3O/c1-11(13-8-16-17(2)10-13)15-9-14(18)12-6-4-3-5-7-12/h3-8,10-11,14-15,18H,9H2,1-2H3. The molecule has 0 saturated carbocycles. The van der Waals surface area contributed by atoms with E-state index in [1.54, 1.807) is 4.68 Å². The first-order valence-electron chi connectivity index (χ1n) is 6.12. The molecule has 0 saturated heterocycles. The number of nitrogens with zero attached hydrogens (tertiary/aromatic N) is 2. The van der Waals surface area contributed by atoms with Gasteiger partial charge in [0.1, 0.15) is 0 Å². The number of rotatable bonds is 5. The Balaban J connectivity index is 1.88. The summed E-state index contributed by atoms with van der Waals surface area (Å²) in [6, 6.07) is 9.85. The number of nitrogens with one attached hydrogen (secondary N) is 1. The molecule has 0 fully saturated rings. The summed E-state index contributed by atoms with van der Waals surface area (Å²) in [6.07, 6.45) is 3.34. The first-order chi connectivity index (χ1) is 8.66. The van der Waals surface area contributed by atoms with E-state index in [1.165, 1.54) is 0 Å². The normalized spacial score (nSPS) is 14.4. The van der Waals surface area contributed by atoms with E-state index in [2.05, 4.69) is 17.3 Å². The molecule has 18 heavy (non-hydrogen) atoms. The predicted octanol–water partition coefficient (Wildman–Crippen LogP) is 1.80. The second kappa shape index (κ2) is 5.80. The smallest absolute Gasteiger partial charge is 0.0914 e. The van der Waals surface area contributed by atoms with Crippen LogP contribution in [0.2, 0.25) is 0 Å². The summed E-state index contributed by atoms with van der Waals surface area (Å²) in [7, 11) is 1.90. The summed E-state index contributed by atoms with van der Waals surface area (Å²) in [4.78, 5) is 0. The molecule has 96 valence electrons. The van der Waals surface area contributed by atoms with E-state index < -0.39 is 6.10 Å². The van der Waals surface area contributed by atoms with Crippen LogP contribution in [0.15, 0.2) is 42.7 Å². The van der Waals surface area contributed by atoms with Gasteiger partial charge in [-0.05, 0) is 12.5 Å². The fourth-order valence-corrected chi connectivity index (χ4v) is 1.86. The van der Waals surface area contributed by atoms with Gasteiger partial charge in [-0.3, -0.25) is 4.68 Å². The van der Waals surface area contributed by atoms with E-state index in [-0.39, 0.29) is 6.04 Å². The van der Waals surface area contributed by atoms with Gasteiger partial charge in [-0.25, -0.2) is 0 Å². The lowest BCUT2D eigenvalue weighted by Gasteiger charge is -2.16. The second-order valence-corrected chi connectivity index (χ2v) is 4.50. The van der Waals surface area contributed by atoms with Gasteiger partial charge in [0.2, 0.25) is 0 Å². The number of aryl methyl sites for hydroxylation is 1. The predicted molar refractivity (Wildman–Crippen MR) is 71.0 cm³/mol. The van der Waals surface area contributed by atoms with Crippen LogP contribution in [-0.2, 0) is 7.05 Å². The fourth-order valence-electron chi connectivity index (χ4n) is 1.86. The first kappa shape index (κ1) is 12.8. The molecule has 0 spiro atoms. The van der Waals surface area contributed by atoms with Gasteiger partial charge in [-0.1, -0.05) is 30.3 Å². The third-order valence-corrected chi connectivity index (χ3v) is 3.03. The van der Waals surface area contributed by atoms with E-state index in [0.717, 1.165) is 11.1 Å². The topological polar surface area (TPSA) is 50.1 Å². The summed E-state index contributed by atoms with van der Waals surface area (Å²) in [5, 5.41) is 17.5. The van der Waals surface area contributed by atoms with Crippen molar-refractivity contribution in [3.8, 4) is 0 Å². The van der Waals surface area contributed by atoms with Crippen molar-refractivity contribution in [2.75, 3.05) is 6.54 Å². The molecule has 2 rings (SSSR count). The van der Waals surface area contributed by atoms with Crippen LogP contribution >= 0.6 is 0 Å². The summed E-state index contributed by atoms with van der Waals surface area (Å²) in [5.41, 5.74) is 2.06. The second-order valence-electron chi connectivity index (χ2n) is 4.50. The Labute approximate surface area is 107 Å². The van der Waals surface area contributed by atoms with Gasteiger partial charge >= 0.3 is 0 Å². The van der Waals surface area contributed by atoms with Crippen LogP contribution in [0.4, 0.5) is 0 Å². The Hall–Kier alpha value is -1.65. The van der Waals surface area contributed by atoms with Gasteiger partial charge in [-0.2, -0.15) is 5.10 Å². The van der Waals surface area contributed by atoms with Gasteiger partial charge in [0.25, 0.3) is 0 Å². The Bertz CT molecular complexity index is 481. The molecule has 0 aliphatic carbocycles. The third kappa shape index (κ3) is 3.18. The number of aromatic nitrogens is 2. The average molecular weight is 245 g/mol. The molecule has 0 amide bonds. The van der Waals surface area contributed by atoms with Gasteiger partial charge < -0.3 is 10.4 Å². The van der Waals surface area contributed by atoms with Crippen LogP contribution in [0.3, 0.4) is 0 Å². The van der Waals surface area contributed by atoms with E-state index in [1.807, 2.05) is 49.8 Å². The van der Waals surface area contributed by atoms with E-state index in [9.17, 15) is 5.11 Å². The van der Waals surface area contributed by atoms with E-state index in [0.29, 0.717) is 6.54 Å². The summed E-state index contributed by atoms with van der Waals surface area (Å²) in [5.74, 6) is 0. The maximum absolute atomic E-state index is 10.0. The monoisotopic (exact) mass is 245 g/mol. The maximum atomic E-state index is 10.0. The quantitative estimate of drug-likeness (QED) is 0.844. The average Bonchev–Trinajstić information content (AvgIpc) is 2.83. The van der Waals surface area contributed by atoms with Crippen LogP contribution in [-0.4, -0.2) is 21.4 Å². The van der Waals surface area contributed by atoms with Crippen LogP contribution in [0.1, 0.15) is 30.2 Å². The highest BCUT2D eigenvalue weighted by molar-refractivity contribution is 5.17. The van der Waals surface area contributed by atoms with Crippen molar-refractivity contribution < 1.29 is 5.11 Å². The highest BCUT2D eigenvalue weighted by Gasteiger charge is 2.11. The number of aliphatic hydroxyl groups is 1. The minimum atomic E-state index is -0.481. The zero-order chi connectivity index (χ0) is 13.0. The van der Waals surface area contributed by atoms with Crippen LogP contribution < -0.4 is 5.32 Å². The van der Waals surface area contributed by atoms with Gasteiger partial charge in [0.05, 0.1) is 12.3 Å². The molecule has 1 aromatic carbocycles. The lowest BCUT2D eigenvalue weighted by molar-refractivity contribution is 0.171. The zero-order valence-corrected chi connectivity index (χ0v) is 10.7. The summed E-state index contributed by atoms with van der Waals surface area (Å²) >= 11 is 0.